The Morgan fingerprint density at radius 2 is 1.92 bits per heavy atom. The minimum Gasteiger partial charge on any atom is -0.282 e. The second-order valence-corrected chi connectivity index (χ2v) is 5.22. The first-order valence-electron chi connectivity index (χ1n) is 4.11. The zero-order valence-corrected chi connectivity index (χ0v) is 10.2. The van der Waals surface area contributed by atoms with Crippen LogP contribution in [0.5, 0.6) is 0 Å². The van der Waals surface area contributed by atoms with Crippen molar-refractivity contribution in [3.05, 3.63) is 29.8 Å². The summed E-state index contributed by atoms with van der Waals surface area (Å²) in [6.07, 6.45) is 0.724. The molecular weight excluding hydrogens is 204 g/mol. The van der Waals surface area contributed by atoms with Gasteiger partial charge in [0, 0.05) is 10.2 Å². The van der Waals surface area contributed by atoms with Crippen molar-refractivity contribution in [2.24, 2.45) is 0 Å². The van der Waals surface area contributed by atoms with Gasteiger partial charge in [-0.25, -0.2) is 0 Å². The van der Waals surface area contributed by atoms with Crippen LogP contribution in [0.1, 0.15) is 5.56 Å². The molecule has 0 saturated carbocycles. The normalized spacial score (nSPS) is 11.8. The van der Waals surface area contributed by atoms with E-state index in [0.717, 1.165) is 22.7 Å². The van der Waals surface area contributed by atoms with Gasteiger partial charge in [-0.15, -0.1) is 0 Å². The highest BCUT2D eigenvalue weighted by Gasteiger charge is 2.13. The van der Waals surface area contributed by atoms with Crippen LogP contribution in [-0.4, -0.2) is 23.2 Å². The Bertz CT molecular complexity index is 386. The number of aryl methyl sites for hydroxylation is 1. The number of benzene rings is 1. The highest BCUT2D eigenvalue weighted by Crippen LogP contribution is 2.15. The lowest BCUT2D eigenvalue weighted by atomic mass is 10.2. The van der Waals surface area contributed by atoms with Crippen molar-refractivity contribution >= 4 is 20.4 Å². The van der Waals surface area contributed by atoms with Crippen LogP contribution in [0.15, 0.2) is 29.2 Å². The molecule has 1 N–H and O–H groups in total. The Kier molecular flexibility index (Phi) is 3.24. The lowest BCUT2D eigenvalue weighted by molar-refractivity contribution is 0.482. The summed E-state index contributed by atoms with van der Waals surface area (Å²) in [6.45, 7) is 0. The molecule has 0 aliphatic carbocycles. The third-order valence-electron chi connectivity index (χ3n) is 1.77. The Hall–Kier alpha value is -0.653. The minimum absolute atomic E-state index is 0.0471. The SMILES string of the molecule is O=S(=O)(O)c1ccccc1CC[SiH3]. The van der Waals surface area contributed by atoms with Crippen molar-refractivity contribution in [1.29, 1.82) is 0 Å². The Morgan fingerprint density at radius 3 is 2.46 bits per heavy atom. The summed E-state index contributed by atoms with van der Waals surface area (Å²) in [4.78, 5) is 0.0471. The highest BCUT2D eigenvalue weighted by atomic mass is 32.2. The minimum atomic E-state index is -4.04. The molecule has 0 radical (unpaired) electrons. The molecule has 3 nitrogen and oxygen atoms in total. The highest BCUT2D eigenvalue weighted by molar-refractivity contribution is 7.85. The predicted molar refractivity (Wildman–Crippen MR) is 54.7 cm³/mol. The molecule has 13 heavy (non-hydrogen) atoms. The quantitative estimate of drug-likeness (QED) is 0.582. The maximum absolute atomic E-state index is 10.9. The first-order valence-corrected chi connectivity index (χ1v) is 6.96. The average molecular weight is 216 g/mol. The molecule has 1 aromatic carbocycles. The van der Waals surface area contributed by atoms with E-state index in [9.17, 15) is 8.42 Å². The van der Waals surface area contributed by atoms with Gasteiger partial charge in [0.2, 0.25) is 0 Å². The van der Waals surface area contributed by atoms with Crippen molar-refractivity contribution in [3.8, 4) is 0 Å². The van der Waals surface area contributed by atoms with E-state index >= 15 is 0 Å². The Labute approximate surface area is 81.0 Å². The fraction of sp³-hybridized carbons (Fsp3) is 0.250. The maximum atomic E-state index is 10.9. The number of hydrogen-bond acceptors (Lipinski definition) is 2. The van der Waals surface area contributed by atoms with E-state index in [2.05, 4.69) is 0 Å². The van der Waals surface area contributed by atoms with Gasteiger partial charge in [0.1, 0.15) is 0 Å². The van der Waals surface area contributed by atoms with E-state index in [1.807, 2.05) is 0 Å². The van der Waals surface area contributed by atoms with Gasteiger partial charge >= 0.3 is 0 Å². The van der Waals surface area contributed by atoms with Crippen molar-refractivity contribution in [2.75, 3.05) is 0 Å². The standard InChI is InChI=1S/C8H12O3SSi/c9-12(10,11)8-4-2-1-3-7(8)5-6-13/h1-4H,5-6H2,13H3,(H,9,10,11). The van der Waals surface area contributed by atoms with E-state index < -0.39 is 10.1 Å². The molecule has 72 valence electrons. The largest absolute Gasteiger partial charge is 0.294 e. The van der Waals surface area contributed by atoms with Gasteiger partial charge in [0.05, 0.1) is 4.90 Å². The first-order chi connectivity index (χ1) is 6.05. The summed E-state index contributed by atoms with van der Waals surface area (Å²) in [7, 11) is -3.01. The molecule has 0 fully saturated rings. The predicted octanol–water partition coefficient (Wildman–Crippen LogP) is 0.260. The second-order valence-electron chi connectivity index (χ2n) is 2.83. The molecule has 0 atom stereocenters. The number of rotatable bonds is 3. The van der Waals surface area contributed by atoms with E-state index in [0.29, 0.717) is 5.56 Å². The van der Waals surface area contributed by atoms with Gasteiger partial charge in [-0.05, 0) is 18.1 Å². The lowest BCUT2D eigenvalue weighted by Crippen LogP contribution is -2.02. The molecule has 0 saturated heterocycles. The van der Waals surface area contributed by atoms with Crippen molar-refractivity contribution < 1.29 is 13.0 Å². The number of hydrogen-bond donors (Lipinski definition) is 1. The summed E-state index contributed by atoms with van der Waals surface area (Å²) in [5, 5.41) is 0. The molecule has 0 bridgehead atoms. The van der Waals surface area contributed by atoms with Crippen LogP contribution in [0.3, 0.4) is 0 Å². The van der Waals surface area contributed by atoms with E-state index in [1.165, 1.54) is 6.07 Å². The molecule has 1 aromatic rings. The molecule has 0 aliphatic heterocycles. The van der Waals surface area contributed by atoms with Crippen LogP contribution in [-0.2, 0) is 16.5 Å². The smallest absolute Gasteiger partial charge is 0.282 e. The molecule has 5 heteroatoms. The van der Waals surface area contributed by atoms with E-state index in [-0.39, 0.29) is 4.90 Å². The van der Waals surface area contributed by atoms with Crippen LogP contribution in [0.4, 0.5) is 0 Å². The van der Waals surface area contributed by atoms with Crippen LogP contribution in [0, 0.1) is 0 Å². The van der Waals surface area contributed by atoms with Gasteiger partial charge in [-0.2, -0.15) is 8.42 Å². The van der Waals surface area contributed by atoms with Crippen LogP contribution >= 0.6 is 0 Å². The van der Waals surface area contributed by atoms with Gasteiger partial charge in [-0.3, -0.25) is 4.55 Å². The molecule has 1 rings (SSSR count). The van der Waals surface area contributed by atoms with E-state index in [4.69, 9.17) is 4.55 Å². The molecule has 0 spiro atoms. The molecule has 0 amide bonds. The average Bonchev–Trinajstić information content (AvgIpc) is 2.04. The van der Waals surface area contributed by atoms with Crippen LogP contribution in [0.2, 0.25) is 6.04 Å². The molecule has 0 aromatic heterocycles. The topological polar surface area (TPSA) is 54.4 Å². The van der Waals surface area contributed by atoms with Gasteiger partial charge in [-0.1, -0.05) is 24.2 Å². The van der Waals surface area contributed by atoms with Crippen molar-refractivity contribution in [1.82, 2.24) is 0 Å². The Morgan fingerprint density at radius 1 is 1.31 bits per heavy atom. The maximum Gasteiger partial charge on any atom is 0.294 e. The summed E-state index contributed by atoms with van der Waals surface area (Å²) >= 11 is 0. The van der Waals surface area contributed by atoms with Gasteiger partial charge in [0.15, 0.2) is 0 Å². The summed E-state index contributed by atoms with van der Waals surface area (Å²) in [5.74, 6) is 0. The molecule has 0 heterocycles. The third-order valence-corrected chi connectivity index (χ3v) is 3.22. The van der Waals surface area contributed by atoms with Crippen molar-refractivity contribution in [3.63, 3.8) is 0 Å². The first kappa shape index (κ1) is 10.4. The third kappa shape index (κ3) is 2.65. The molecule has 0 unspecified atom stereocenters. The lowest BCUT2D eigenvalue weighted by Gasteiger charge is -2.04. The van der Waals surface area contributed by atoms with E-state index in [1.54, 1.807) is 18.2 Å². The zero-order chi connectivity index (χ0) is 9.90. The summed E-state index contributed by atoms with van der Waals surface area (Å²) < 4.78 is 30.7. The van der Waals surface area contributed by atoms with Crippen LogP contribution < -0.4 is 0 Å². The molecular formula is C8H12O3SSi. The summed E-state index contributed by atoms with van der Waals surface area (Å²) in [5.41, 5.74) is 0.708. The second kappa shape index (κ2) is 4.04. The summed E-state index contributed by atoms with van der Waals surface area (Å²) in [6, 6.07) is 7.55. The van der Waals surface area contributed by atoms with Gasteiger partial charge in [0.25, 0.3) is 10.1 Å². The van der Waals surface area contributed by atoms with Crippen molar-refractivity contribution in [2.45, 2.75) is 17.4 Å². The Balaban J connectivity index is 3.20. The fourth-order valence-electron chi connectivity index (χ4n) is 1.23. The fourth-order valence-corrected chi connectivity index (χ4v) is 2.52. The zero-order valence-electron chi connectivity index (χ0n) is 7.40. The molecule has 0 aliphatic rings. The van der Waals surface area contributed by atoms with Gasteiger partial charge < -0.3 is 0 Å². The van der Waals surface area contributed by atoms with Crippen LogP contribution in [0.25, 0.3) is 0 Å². The monoisotopic (exact) mass is 216 g/mol.